The zero-order chi connectivity index (χ0) is 37.9. The number of hydrazone groups is 1. The Hall–Kier alpha value is -4.61. The van der Waals surface area contributed by atoms with Gasteiger partial charge in [0, 0.05) is 36.2 Å². The maximum Gasteiger partial charge on any atom is 0.343 e. The molecular formula is C42H48ClN5O5S. The van der Waals surface area contributed by atoms with Crippen LogP contribution in [0, 0.1) is 11.8 Å². The summed E-state index contributed by atoms with van der Waals surface area (Å²) in [5.41, 5.74) is 5.66. The molecule has 2 heterocycles. The molecule has 1 saturated carbocycles. The maximum atomic E-state index is 13.4. The largest absolute Gasteiger partial charge is 0.493 e. The Labute approximate surface area is 325 Å². The monoisotopic (exact) mass is 769 g/mol. The van der Waals surface area contributed by atoms with Gasteiger partial charge in [-0.1, -0.05) is 81.5 Å². The second-order valence-electron chi connectivity index (χ2n) is 14.2. The SMILES string of the molecule is CCC(=O)OCCCOc1ccc(C(=O)Oc2ccc3c(Cl)c(C4CCC(CCCCC(C)C)CC4)ccc3c2/C=N/Nc2nc3nccnc3s2)cc1. The van der Waals surface area contributed by atoms with Gasteiger partial charge < -0.3 is 14.2 Å². The number of carbonyl (C=O) groups is 2. The van der Waals surface area contributed by atoms with Crippen LogP contribution in [0.5, 0.6) is 11.5 Å². The smallest absolute Gasteiger partial charge is 0.343 e. The van der Waals surface area contributed by atoms with Gasteiger partial charge in [0.2, 0.25) is 5.13 Å². The number of anilines is 1. The minimum Gasteiger partial charge on any atom is -0.493 e. The van der Waals surface area contributed by atoms with Crippen molar-refractivity contribution in [2.45, 2.75) is 90.9 Å². The lowest BCUT2D eigenvalue weighted by molar-refractivity contribution is -0.143. The molecule has 3 aromatic carbocycles. The molecule has 0 radical (unpaired) electrons. The van der Waals surface area contributed by atoms with Crippen molar-refractivity contribution in [3.63, 3.8) is 0 Å². The number of nitrogens with zero attached hydrogens (tertiary/aromatic N) is 4. The fourth-order valence-electron chi connectivity index (χ4n) is 6.93. The number of ether oxygens (including phenoxy) is 3. The Morgan fingerprint density at radius 1 is 0.963 bits per heavy atom. The molecule has 1 aliphatic carbocycles. The minimum absolute atomic E-state index is 0.235. The number of unbranched alkanes of at least 4 members (excludes halogenated alkanes) is 1. The van der Waals surface area contributed by atoms with E-state index in [1.54, 1.807) is 55.9 Å². The Kier molecular flexibility index (Phi) is 13.8. The lowest BCUT2D eigenvalue weighted by Gasteiger charge is -2.30. The summed E-state index contributed by atoms with van der Waals surface area (Å²) in [6.45, 7) is 7.03. The minimum atomic E-state index is -0.526. The number of fused-ring (bicyclic) bond motifs is 2. The van der Waals surface area contributed by atoms with Gasteiger partial charge in [-0.25, -0.2) is 14.8 Å². The van der Waals surface area contributed by atoms with E-state index in [2.05, 4.69) is 51.5 Å². The number of halogens is 1. The van der Waals surface area contributed by atoms with E-state index in [1.807, 2.05) is 6.07 Å². The van der Waals surface area contributed by atoms with Crippen molar-refractivity contribution in [3.8, 4) is 11.5 Å². The summed E-state index contributed by atoms with van der Waals surface area (Å²) in [4.78, 5) is 38.5. The lowest BCUT2D eigenvalue weighted by Crippen LogP contribution is -2.14. The molecule has 1 fully saturated rings. The third kappa shape index (κ3) is 10.3. The fourth-order valence-corrected chi connectivity index (χ4v) is 8.03. The summed E-state index contributed by atoms with van der Waals surface area (Å²) in [5.74, 6) is 2.17. The summed E-state index contributed by atoms with van der Waals surface area (Å²) < 4.78 is 16.8. The van der Waals surface area contributed by atoms with E-state index in [9.17, 15) is 9.59 Å². The summed E-state index contributed by atoms with van der Waals surface area (Å²) in [6, 6.07) is 14.6. The molecule has 12 heteroatoms. The Morgan fingerprint density at radius 2 is 1.74 bits per heavy atom. The molecule has 54 heavy (non-hydrogen) atoms. The highest BCUT2D eigenvalue weighted by Gasteiger charge is 2.25. The van der Waals surface area contributed by atoms with E-state index in [0.29, 0.717) is 70.2 Å². The number of aromatic nitrogens is 3. The molecule has 0 bridgehead atoms. The number of hydrogen-bond donors (Lipinski definition) is 1. The fraction of sp³-hybridized carbons (Fsp3) is 0.429. The molecule has 1 aliphatic rings. The van der Waals surface area contributed by atoms with Crippen molar-refractivity contribution in [2.24, 2.45) is 16.9 Å². The first kappa shape index (κ1) is 39.1. The zero-order valence-electron chi connectivity index (χ0n) is 31.2. The number of thiazole rings is 1. The highest BCUT2D eigenvalue weighted by Crippen LogP contribution is 2.43. The van der Waals surface area contributed by atoms with Gasteiger partial charge in [0.25, 0.3) is 0 Å². The van der Waals surface area contributed by atoms with Crippen molar-refractivity contribution >= 4 is 67.5 Å². The number of rotatable bonds is 17. The average molecular weight is 770 g/mol. The van der Waals surface area contributed by atoms with Crippen molar-refractivity contribution < 1.29 is 23.8 Å². The molecule has 6 rings (SSSR count). The lowest BCUT2D eigenvalue weighted by atomic mass is 9.76. The van der Waals surface area contributed by atoms with Crippen LogP contribution in [0.15, 0.2) is 66.0 Å². The molecule has 0 aliphatic heterocycles. The summed E-state index contributed by atoms with van der Waals surface area (Å²) in [5, 5.41) is 7.46. The molecule has 2 aromatic heterocycles. The van der Waals surface area contributed by atoms with Crippen LogP contribution in [-0.2, 0) is 9.53 Å². The Morgan fingerprint density at radius 3 is 2.50 bits per heavy atom. The van der Waals surface area contributed by atoms with Crippen LogP contribution in [0.4, 0.5) is 5.13 Å². The van der Waals surface area contributed by atoms with Gasteiger partial charge in [-0.3, -0.25) is 10.2 Å². The second-order valence-corrected chi connectivity index (χ2v) is 15.6. The predicted molar refractivity (Wildman–Crippen MR) is 216 cm³/mol. The van der Waals surface area contributed by atoms with Crippen molar-refractivity contribution in [2.75, 3.05) is 18.6 Å². The first-order valence-electron chi connectivity index (χ1n) is 19.0. The van der Waals surface area contributed by atoms with Crippen LogP contribution >= 0.6 is 22.9 Å². The Balaban J connectivity index is 1.18. The number of benzene rings is 3. The van der Waals surface area contributed by atoms with Crippen LogP contribution in [0.25, 0.3) is 21.3 Å². The van der Waals surface area contributed by atoms with Crippen LogP contribution in [0.1, 0.15) is 112 Å². The molecule has 0 saturated heterocycles. The van der Waals surface area contributed by atoms with Gasteiger partial charge in [-0.15, -0.1) is 0 Å². The van der Waals surface area contributed by atoms with Gasteiger partial charge >= 0.3 is 11.9 Å². The van der Waals surface area contributed by atoms with Crippen LogP contribution in [0.2, 0.25) is 5.02 Å². The van der Waals surface area contributed by atoms with E-state index in [0.717, 1.165) is 40.5 Å². The zero-order valence-corrected chi connectivity index (χ0v) is 32.8. The molecule has 0 spiro atoms. The third-order valence-corrected chi connectivity index (χ3v) is 11.2. The van der Waals surface area contributed by atoms with E-state index >= 15 is 0 Å². The van der Waals surface area contributed by atoms with E-state index in [1.165, 1.54) is 55.4 Å². The standard InChI is InChI=1S/C42H48ClN5O5S/c1-4-37(49)52-25-7-24-51-31-16-14-30(15-17-31)41(50)53-36-21-20-34-33(35(36)26-46-48-42-47-39-40(54-42)45-23-22-44-39)19-18-32(38(34)43)29-12-10-28(11-13-29)9-6-5-8-27(2)3/h14-23,26-29H,4-13,24-25H2,1-3H3,(H,44,47,48)/b46-26+. The van der Waals surface area contributed by atoms with Crippen molar-refractivity contribution in [1.29, 1.82) is 0 Å². The molecular weight excluding hydrogens is 722 g/mol. The molecule has 10 nitrogen and oxygen atoms in total. The number of esters is 2. The Bertz CT molecular complexity index is 2030. The normalized spacial score (nSPS) is 15.9. The van der Waals surface area contributed by atoms with Gasteiger partial charge in [-0.05, 0) is 90.8 Å². The van der Waals surface area contributed by atoms with E-state index in [-0.39, 0.29) is 5.97 Å². The summed E-state index contributed by atoms with van der Waals surface area (Å²) in [7, 11) is 0. The van der Waals surface area contributed by atoms with Gasteiger partial charge in [0.15, 0.2) is 10.5 Å². The first-order chi connectivity index (χ1) is 26.3. The molecule has 0 unspecified atom stereocenters. The highest BCUT2D eigenvalue weighted by atomic mass is 35.5. The van der Waals surface area contributed by atoms with Gasteiger partial charge in [0.1, 0.15) is 11.5 Å². The molecule has 1 N–H and O–H groups in total. The van der Waals surface area contributed by atoms with Gasteiger partial charge in [0.05, 0.1) is 30.0 Å². The molecule has 284 valence electrons. The topological polar surface area (TPSA) is 125 Å². The quantitative estimate of drug-likeness (QED) is 0.0323. The van der Waals surface area contributed by atoms with Crippen LogP contribution in [-0.4, -0.2) is 46.3 Å². The van der Waals surface area contributed by atoms with Crippen LogP contribution in [0.3, 0.4) is 0 Å². The second kappa shape index (κ2) is 19.1. The average Bonchev–Trinajstić information content (AvgIpc) is 3.60. The number of nitrogens with one attached hydrogen (secondary N) is 1. The summed E-state index contributed by atoms with van der Waals surface area (Å²) >= 11 is 8.55. The third-order valence-electron chi connectivity index (χ3n) is 9.90. The first-order valence-corrected chi connectivity index (χ1v) is 20.2. The molecule has 0 atom stereocenters. The highest BCUT2D eigenvalue weighted by molar-refractivity contribution is 7.21. The van der Waals surface area contributed by atoms with Crippen molar-refractivity contribution in [3.05, 3.63) is 82.6 Å². The summed E-state index contributed by atoms with van der Waals surface area (Å²) in [6.07, 6.45) is 15.8. The van der Waals surface area contributed by atoms with E-state index in [4.69, 9.17) is 25.8 Å². The maximum absolute atomic E-state index is 13.4. The number of carbonyl (C=O) groups excluding carboxylic acids is 2. The molecule has 0 amide bonds. The number of hydrogen-bond acceptors (Lipinski definition) is 11. The van der Waals surface area contributed by atoms with E-state index < -0.39 is 5.97 Å². The molecule has 5 aromatic rings. The van der Waals surface area contributed by atoms with Gasteiger partial charge in [-0.2, -0.15) is 10.1 Å². The van der Waals surface area contributed by atoms with Crippen molar-refractivity contribution in [1.82, 2.24) is 15.0 Å². The van der Waals surface area contributed by atoms with Crippen LogP contribution < -0.4 is 14.9 Å². The predicted octanol–water partition coefficient (Wildman–Crippen LogP) is 10.8.